The normalized spacial score (nSPS) is 22.6. The molecule has 4 aliphatic carbocycles. The molecule has 0 radical (unpaired) electrons. The van der Waals surface area contributed by atoms with E-state index < -0.39 is 5.66 Å². The molecule has 3 unspecified atom stereocenters. The minimum Gasteiger partial charge on any atom is -0.129 e. The fourth-order valence-corrected chi connectivity index (χ4v) is 10.6. The number of hydrogen-bond acceptors (Lipinski definition) is 0. The zero-order chi connectivity index (χ0) is 27.6. The van der Waals surface area contributed by atoms with E-state index in [0.717, 1.165) is 25.7 Å². The molecule has 4 heterocycles. The van der Waals surface area contributed by atoms with E-state index in [9.17, 15) is 0 Å². The summed E-state index contributed by atoms with van der Waals surface area (Å²) >= 11 is 0. The third-order valence-electron chi connectivity index (χ3n) is 11.9. The van der Waals surface area contributed by atoms with Gasteiger partial charge in [0.2, 0.25) is 11.4 Å². The van der Waals surface area contributed by atoms with Crippen LogP contribution < -0.4 is 9.13 Å². The Morgan fingerprint density at radius 2 is 1.02 bits per heavy atom. The molecular formula is C41H28N2+2. The molecule has 2 heteroatoms. The van der Waals surface area contributed by atoms with Crippen LogP contribution in [0.25, 0.3) is 0 Å². The summed E-state index contributed by atoms with van der Waals surface area (Å²) in [6.45, 7) is 0. The van der Waals surface area contributed by atoms with Gasteiger partial charge in [-0.05, 0) is 86.5 Å². The molecule has 12 rings (SSSR count). The van der Waals surface area contributed by atoms with E-state index in [4.69, 9.17) is 0 Å². The minimum absolute atomic E-state index is 0.244. The molecule has 0 bridgehead atoms. The first-order valence-electron chi connectivity index (χ1n) is 15.9. The first kappa shape index (κ1) is 21.8. The van der Waals surface area contributed by atoms with Crippen molar-refractivity contribution in [1.29, 1.82) is 0 Å². The number of rotatable bonds is 0. The van der Waals surface area contributed by atoms with Crippen LogP contribution in [0.1, 0.15) is 101 Å². The summed E-state index contributed by atoms with van der Waals surface area (Å²) in [6.07, 6.45) is 8.88. The van der Waals surface area contributed by atoms with Crippen LogP contribution in [0.5, 0.6) is 0 Å². The molecule has 0 saturated carbocycles. The first-order valence-corrected chi connectivity index (χ1v) is 15.9. The fraction of sp³-hybridized carbons (Fsp3) is 0.171. The molecule has 0 saturated heterocycles. The van der Waals surface area contributed by atoms with Gasteiger partial charge < -0.3 is 0 Å². The first-order chi connectivity index (χ1) is 21.3. The number of hydrogen-bond donors (Lipinski definition) is 0. The molecule has 0 amide bonds. The van der Waals surface area contributed by atoms with Crippen LogP contribution in [-0.2, 0) is 31.3 Å². The Labute approximate surface area is 250 Å². The van der Waals surface area contributed by atoms with E-state index in [1.54, 1.807) is 27.8 Å². The zero-order valence-corrected chi connectivity index (χ0v) is 23.8. The van der Waals surface area contributed by atoms with Crippen molar-refractivity contribution in [1.82, 2.24) is 0 Å². The molecule has 6 aliphatic rings. The molecule has 4 aromatic carbocycles. The Morgan fingerprint density at radius 1 is 0.442 bits per heavy atom. The van der Waals surface area contributed by atoms with Gasteiger partial charge in [-0.15, -0.1) is 9.13 Å². The second-order valence-corrected chi connectivity index (χ2v) is 13.6. The van der Waals surface area contributed by atoms with Gasteiger partial charge in [-0.1, -0.05) is 72.8 Å². The molecule has 200 valence electrons. The van der Waals surface area contributed by atoms with Gasteiger partial charge in [-0.3, -0.25) is 0 Å². The summed E-state index contributed by atoms with van der Waals surface area (Å²) in [4.78, 5) is 0. The van der Waals surface area contributed by atoms with Gasteiger partial charge in [-0.25, -0.2) is 0 Å². The summed E-state index contributed by atoms with van der Waals surface area (Å²) in [7, 11) is 0. The molecular weight excluding hydrogens is 520 g/mol. The van der Waals surface area contributed by atoms with Crippen LogP contribution >= 0.6 is 0 Å². The Hall–Kier alpha value is -4.82. The maximum absolute atomic E-state index is 2.76. The Kier molecular flexibility index (Phi) is 3.57. The summed E-state index contributed by atoms with van der Waals surface area (Å²) in [5.41, 5.74) is 23.8. The number of pyridine rings is 2. The highest BCUT2D eigenvalue weighted by atomic mass is 15.3. The lowest BCUT2D eigenvalue weighted by Gasteiger charge is -2.47. The molecule has 0 fully saturated rings. The Morgan fingerprint density at radius 3 is 1.86 bits per heavy atom. The van der Waals surface area contributed by atoms with Crippen LogP contribution in [0.3, 0.4) is 0 Å². The van der Waals surface area contributed by atoms with Crippen molar-refractivity contribution in [2.45, 2.75) is 43.2 Å². The van der Waals surface area contributed by atoms with E-state index in [1.165, 1.54) is 61.5 Å². The molecule has 2 nitrogen and oxygen atoms in total. The van der Waals surface area contributed by atoms with Crippen molar-refractivity contribution in [2.75, 3.05) is 0 Å². The summed E-state index contributed by atoms with van der Waals surface area (Å²) in [6, 6.07) is 37.9. The second-order valence-electron chi connectivity index (χ2n) is 13.6. The zero-order valence-electron chi connectivity index (χ0n) is 23.8. The molecule has 3 atom stereocenters. The maximum Gasteiger partial charge on any atom is 0.416 e. The summed E-state index contributed by atoms with van der Waals surface area (Å²) in [5.74, 6) is 0.542. The largest absolute Gasteiger partial charge is 0.416 e. The predicted molar refractivity (Wildman–Crippen MR) is 164 cm³/mol. The molecule has 6 aromatic rings. The Balaban J connectivity index is 1.32. The lowest BCUT2D eigenvalue weighted by Crippen LogP contribution is -2.81. The third kappa shape index (κ3) is 2.24. The van der Waals surface area contributed by atoms with E-state index >= 15 is 0 Å². The van der Waals surface area contributed by atoms with Crippen molar-refractivity contribution in [3.63, 3.8) is 0 Å². The smallest absolute Gasteiger partial charge is 0.129 e. The van der Waals surface area contributed by atoms with Crippen molar-refractivity contribution < 1.29 is 9.13 Å². The average molecular weight is 549 g/mol. The van der Waals surface area contributed by atoms with Gasteiger partial charge in [0.25, 0.3) is 0 Å². The summed E-state index contributed by atoms with van der Waals surface area (Å²) < 4.78 is 5.46. The lowest BCUT2D eigenvalue weighted by molar-refractivity contribution is -0.980. The topological polar surface area (TPSA) is 7.76 Å². The SMILES string of the molecule is c1ccc2c(c1)Cc1ccc3c4c1C2c1cccc[n+]1C41c2c(ccc4c2C2c5c(cccc5Cc5ccc[n+]1c52)C4)C3. The molecule has 43 heavy (non-hydrogen) atoms. The van der Waals surface area contributed by atoms with Gasteiger partial charge in [0.05, 0.1) is 11.8 Å². The highest BCUT2D eigenvalue weighted by Crippen LogP contribution is 2.58. The highest BCUT2D eigenvalue weighted by Gasteiger charge is 2.69. The standard InChI is InChI=1S/C41H28N2/c1-2-11-31-23(7-1)19-26-13-15-28-22-29-16-14-27-20-24-8-5-9-25-21-30-10-6-18-43-40(30)37(33(24)25)35(27)39(29)41(43)38(28)34(26)36(31)32-12-3-4-17-42(32)41/h1-18,36-37H,19-22H2/q+2. The van der Waals surface area contributed by atoms with E-state index in [0.29, 0.717) is 5.92 Å². The van der Waals surface area contributed by atoms with Crippen LogP contribution in [0.2, 0.25) is 0 Å². The molecule has 0 N–H and O–H groups in total. The number of aromatic nitrogens is 2. The van der Waals surface area contributed by atoms with Gasteiger partial charge in [0.1, 0.15) is 11.1 Å². The quantitative estimate of drug-likeness (QED) is 0.201. The van der Waals surface area contributed by atoms with Crippen LogP contribution in [0.15, 0.2) is 109 Å². The molecule has 2 aromatic heterocycles. The fourth-order valence-electron chi connectivity index (χ4n) is 10.6. The van der Waals surface area contributed by atoms with Gasteiger partial charge in [0.15, 0.2) is 12.4 Å². The number of fused-ring (bicyclic) bond motifs is 4. The van der Waals surface area contributed by atoms with Crippen molar-refractivity contribution in [2.24, 2.45) is 0 Å². The third-order valence-corrected chi connectivity index (χ3v) is 11.9. The summed E-state index contributed by atoms with van der Waals surface area (Å²) in [5, 5.41) is 0. The Bertz CT molecular complexity index is 2290. The van der Waals surface area contributed by atoms with Crippen LogP contribution in [0.4, 0.5) is 0 Å². The minimum atomic E-state index is -0.440. The molecule has 2 aliphatic heterocycles. The highest BCUT2D eigenvalue weighted by molar-refractivity contribution is 5.70. The molecule has 1 spiro atoms. The second kappa shape index (κ2) is 7.03. The van der Waals surface area contributed by atoms with E-state index in [2.05, 4.69) is 119 Å². The lowest BCUT2D eigenvalue weighted by atomic mass is 9.58. The number of benzene rings is 4. The van der Waals surface area contributed by atoms with Gasteiger partial charge in [0, 0.05) is 30.2 Å². The average Bonchev–Trinajstić information content (AvgIpc) is 3.06. The van der Waals surface area contributed by atoms with Gasteiger partial charge >= 0.3 is 5.66 Å². The monoisotopic (exact) mass is 548 g/mol. The number of nitrogens with zero attached hydrogens (tertiary/aromatic N) is 2. The maximum atomic E-state index is 2.76. The van der Waals surface area contributed by atoms with E-state index in [1.807, 2.05) is 0 Å². The van der Waals surface area contributed by atoms with Crippen molar-refractivity contribution in [3.8, 4) is 0 Å². The van der Waals surface area contributed by atoms with Crippen LogP contribution in [-0.4, -0.2) is 0 Å². The predicted octanol–water partition coefficient (Wildman–Crippen LogP) is 6.16. The van der Waals surface area contributed by atoms with E-state index in [-0.39, 0.29) is 5.92 Å². The van der Waals surface area contributed by atoms with Crippen molar-refractivity contribution in [3.05, 3.63) is 199 Å². The van der Waals surface area contributed by atoms with Crippen molar-refractivity contribution >= 4 is 0 Å². The van der Waals surface area contributed by atoms with Crippen LogP contribution in [0, 0.1) is 0 Å². The van der Waals surface area contributed by atoms with Gasteiger partial charge in [-0.2, -0.15) is 0 Å².